The highest BCUT2D eigenvalue weighted by Gasteiger charge is 2.19. The van der Waals surface area contributed by atoms with Gasteiger partial charge in [0, 0.05) is 19.3 Å². The van der Waals surface area contributed by atoms with Gasteiger partial charge in [0.1, 0.15) is 13.2 Å². The summed E-state index contributed by atoms with van der Waals surface area (Å²) in [6, 6.07) is 0. The van der Waals surface area contributed by atoms with Crippen LogP contribution in [0.5, 0.6) is 0 Å². The molecule has 0 N–H and O–H groups in total. The number of allylic oxidation sites excluding steroid dienone is 8. The second-order valence-corrected chi connectivity index (χ2v) is 20.3. The van der Waals surface area contributed by atoms with Crippen LogP contribution in [0, 0.1) is 0 Å². The van der Waals surface area contributed by atoms with Crippen LogP contribution in [-0.2, 0) is 28.6 Å². The first-order valence-corrected chi connectivity index (χ1v) is 30.1. The van der Waals surface area contributed by atoms with Crippen molar-refractivity contribution in [3.8, 4) is 0 Å². The molecule has 0 bridgehead atoms. The molecular formula is C63H114O6. The summed E-state index contributed by atoms with van der Waals surface area (Å²) in [5.74, 6) is -0.894. The van der Waals surface area contributed by atoms with Crippen LogP contribution in [0.2, 0.25) is 0 Å². The minimum absolute atomic E-state index is 0.0805. The van der Waals surface area contributed by atoms with Gasteiger partial charge >= 0.3 is 17.9 Å². The van der Waals surface area contributed by atoms with E-state index in [4.69, 9.17) is 14.2 Å². The Labute approximate surface area is 428 Å². The zero-order valence-electron chi connectivity index (χ0n) is 46.1. The normalized spacial score (nSPS) is 12.3. The lowest BCUT2D eigenvalue weighted by Crippen LogP contribution is -2.30. The fourth-order valence-corrected chi connectivity index (χ4v) is 8.75. The van der Waals surface area contributed by atoms with Crippen molar-refractivity contribution in [2.75, 3.05) is 13.2 Å². The van der Waals surface area contributed by atoms with E-state index in [9.17, 15) is 14.4 Å². The van der Waals surface area contributed by atoms with E-state index in [1.54, 1.807) is 0 Å². The Kier molecular flexibility index (Phi) is 55.7. The van der Waals surface area contributed by atoms with E-state index in [1.165, 1.54) is 167 Å². The summed E-state index contributed by atoms with van der Waals surface area (Å²) in [6.45, 7) is 6.57. The van der Waals surface area contributed by atoms with Gasteiger partial charge in [0.15, 0.2) is 6.10 Å². The number of unbranched alkanes of at least 4 members (excludes halogenated alkanes) is 36. The first-order chi connectivity index (χ1) is 34.0. The number of hydrogen-bond donors (Lipinski definition) is 0. The molecule has 1 unspecified atom stereocenters. The number of ether oxygens (including phenoxy) is 3. The highest BCUT2D eigenvalue weighted by Crippen LogP contribution is 2.17. The summed E-state index contributed by atoms with van der Waals surface area (Å²) < 4.78 is 16.9. The van der Waals surface area contributed by atoms with Gasteiger partial charge in [-0.15, -0.1) is 0 Å². The summed E-state index contributed by atoms with van der Waals surface area (Å²) in [4.78, 5) is 38.2. The Morgan fingerprint density at radius 1 is 0.290 bits per heavy atom. The fraction of sp³-hybridized carbons (Fsp3) is 0.825. The molecule has 0 spiro atoms. The van der Waals surface area contributed by atoms with Gasteiger partial charge in [0.25, 0.3) is 0 Å². The molecule has 0 aromatic heterocycles. The molecule has 0 fully saturated rings. The molecule has 0 aliphatic carbocycles. The maximum atomic E-state index is 12.8. The minimum atomic E-state index is -0.784. The largest absolute Gasteiger partial charge is 0.462 e. The summed E-state index contributed by atoms with van der Waals surface area (Å²) in [6.07, 6.45) is 71.1. The molecule has 0 amide bonds. The topological polar surface area (TPSA) is 78.9 Å². The van der Waals surface area contributed by atoms with E-state index >= 15 is 0 Å². The van der Waals surface area contributed by atoms with Crippen molar-refractivity contribution in [2.24, 2.45) is 0 Å². The fourth-order valence-electron chi connectivity index (χ4n) is 8.75. The molecule has 6 nitrogen and oxygen atoms in total. The first-order valence-electron chi connectivity index (χ1n) is 30.1. The van der Waals surface area contributed by atoms with Crippen LogP contribution in [-0.4, -0.2) is 37.2 Å². The number of rotatable bonds is 55. The molecule has 0 aromatic rings. The number of carbonyl (C=O) groups is 3. The summed E-state index contributed by atoms with van der Waals surface area (Å²) in [5, 5.41) is 0. The molecule has 0 saturated heterocycles. The quantitative estimate of drug-likeness (QED) is 0.0262. The van der Waals surface area contributed by atoms with Crippen molar-refractivity contribution >= 4 is 17.9 Å². The van der Waals surface area contributed by atoms with Gasteiger partial charge in [-0.25, -0.2) is 0 Å². The third kappa shape index (κ3) is 56.2. The Morgan fingerprint density at radius 3 is 0.884 bits per heavy atom. The molecule has 0 heterocycles. The Hall–Kier alpha value is -2.63. The maximum absolute atomic E-state index is 12.8. The van der Waals surface area contributed by atoms with Gasteiger partial charge in [-0.2, -0.15) is 0 Å². The lowest BCUT2D eigenvalue weighted by Gasteiger charge is -2.18. The number of carbonyl (C=O) groups excluding carboxylic acids is 3. The summed E-state index contributed by atoms with van der Waals surface area (Å²) in [7, 11) is 0. The van der Waals surface area contributed by atoms with Crippen LogP contribution in [0.4, 0.5) is 0 Å². The second kappa shape index (κ2) is 57.9. The molecule has 6 heteroatoms. The SMILES string of the molecule is CCC/C=C\C/C=C\CCCCCCCC(=O)OCC(COC(=O)CCCCCCCCCCCCCCCCCCCCCCCCC)OC(=O)CCCCCCC/C=C\C/C=C\CCCCC. The molecule has 0 aliphatic rings. The van der Waals surface area contributed by atoms with E-state index in [2.05, 4.69) is 69.4 Å². The van der Waals surface area contributed by atoms with Crippen molar-refractivity contribution in [2.45, 2.75) is 322 Å². The van der Waals surface area contributed by atoms with Crippen molar-refractivity contribution in [3.05, 3.63) is 48.6 Å². The van der Waals surface area contributed by atoms with Crippen LogP contribution in [0.1, 0.15) is 316 Å². The van der Waals surface area contributed by atoms with Crippen molar-refractivity contribution < 1.29 is 28.6 Å². The van der Waals surface area contributed by atoms with Crippen LogP contribution in [0.25, 0.3) is 0 Å². The van der Waals surface area contributed by atoms with Crippen molar-refractivity contribution in [1.82, 2.24) is 0 Å². The predicted molar refractivity (Wildman–Crippen MR) is 298 cm³/mol. The molecule has 1 atom stereocenters. The smallest absolute Gasteiger partial charge is 0.306 e. The standard InChI is InChI=1S/C63H114O6/c1-4-7-10-13-16-19-22-25-27-28-29-30-31-32-33-34-36-38-41-44-47-50-53-56-62(65)68-59-60(58-67-61(64)55-52-49-46-43-40-37-24-21-18-15-12-9-6-3)69-63(66)57-54-51-48-45-42-39-35-26-23-20-17-14-11-8-5-2/h12,15,17,20-21,24,26,35,60H,4-11,13-14,16,18-19,22-23,25,27-34,36-59H2,1-3H3/b15-12-,20-17-,24-21-,35-26-. The Bertz CT molecular complexity index is 1200. The van der Waals surface area contributed by atoms with Crippen LogP contribution in [0.3, 0.4) is 0 Å². The van der Waals surface area contributed by atoms with Crippen LogP contribution in [0.15, 0.2) is 48.6 Å². The van der Waals surface area contributed by atoms with Crippen molar-refractivity contribution in [1.29, 1.82) is 0 Å². The zero-order chi connectivity index (χ0) is 50.0. The molecule has 0 saturated carbocycles. The molecule has 0 radical (unpaired) electrons. The average Bonchev–Trinajstić information content (AvgIpc) is 3.35. The zero-order valence-corrected chi connectivity index (χ0v) is 46.1. The van der Waals surface area contributed by atoms with E-state index in [0.29, 0.717) is 19.3 Å². The lowest BCUT2D eigenvalue weighted by atomic mass is 10.0. The second-order valence-electron chi connectivity index (χ2n) is 20.3. The lowest BCUT2D eigenvalue weighted by molar-refractivity contribution is -0.167. The summed E-state index contributed by atoms with van der Waals surface area (Å²) >= 11 is 0. The van der Waals surface area contributed by atoms with Crippen molar-refractivity contribution in [3.63, 3.8) is 0 Å². The Morgan fingerprint density at radius 2 is 0.551 bits per heavy atom. The van der Waals surface area contributed by atoms with Gasteiger partial charge in [-0.3, -0.25) is 14.4 Å². The first kappa shape index (κ1) is 66.4. The van der Waals surface area contributed by atoms with E-state index in [1.807, 2.05) is 0 Å². The maximum Gasteiger partial charge on any atom is 0.306 e. The third-order valence-electron chi connectivity index (χ3n) is 13.3. The highest BCUT2D eigenvalue weighted by molar-refractivity contribution is 5.71. The Balaban J connectivity index is 4.28. The van der Waals surface area contributed by atoms with Gasteiger partial charge in [-0.05, 0) is 77.0 Å². The molecule has 0 rings (SSSR count). The molecular weight excluding hydrogens is 853 g/mol. The van der Waals surface area contributed by atoms with Gasteiger partial charge < -0.3 is 14.2 Å². The van der Waals surface area contributed by atoms with Gasteiger partial charge in [0.2, 0.25) is 0 Å². The van der Waals surface area contributed by atoms with Crippen LogP contribution < -0.4 is 0 Å². The van der Waals surface area contributed by atoms with Gasteiger partial charge in [0.05, 0.1) is 0 Å². The molecule has 69 heavy (non-hydrogen) atoms. The average molecular weight is 968 g/mol. The number of esters is 3. The highest BCUT2D eigenvalue weighted by atomic mass is 16.6. The summed E-state index contributed by atoms with van der Waals surface area (Å²) in [5.41, 5.74) is 0. The minimum Gasteiger partial charge on any atom is -0.462 e. The van der Waals surface area contributed by atoms with E-state index in [-0.39, 0.29) is 31.1 Å². The van der Waals surface area contributed by atoms with Crippen LogP contribution >= 0.6 is 0 Å². The monoisotopic (exact) mass is 967 g/mol. The predicted octanol–water partition coefficient (Wildman–Crippen LogP) is 20.2. The van der Waals surface area contributed by atoms with E-state index in [0.717, 1.165) is 109 Å². The van der Waals surface area contributed by atoms with E-state index < -0.39 is 6.10 Å². The molecule has 402 valence electrons. The third-order valence-corrected chi connectivity index (χ3v) is 13.3. The molecule has 0 aliphatic heterocycles. The van der Waals surface area contributed by atoms with Gasteiger partial charge in [-0.1, -0.05) is 268 Å². The number of hydrogen-bond acceptors (Lipinski definition) is 6. The molecule has 0 aromatic carbocycles.